The average Bonchev–Trinajstić information content (AvgIpc) is 3.57. The summed E-state index contributed by atoms with van der Waals surface area (Å²) in [5, 5.41) is 29.3. The largest absolute Gasteiger partial charge is 0.496 e. The number of aliphatic hydroxyl groups excluding tert-OH is 2. The van der Waals surface area contributed by atoms with Crippen LogP contribution in [0.25, 0.3) is 11.1 Å². The number of carbonyl (C=O) groups is 3. The summed E-state index contributed by atoms with van der Waals surface area (Å²) in [5.41, 5.74) is 4.40. The number of carbonyl (C=O) groups excluding carboxylic acids is 3. The molecular weight excluding hydrogens is 723 g/mol. The quantitative estimate of drug-likeness (QED) is 0.186. The molecule has 3 saturated carbocycles. The number of hydrogen-bond acceptors (Lipinski definition) is 9. The summed E-state index contributed by atoms with van der Waals surface area (Å²) in [6.45, 7) is 8.24. The Morgan fingerprint density at radius 3 is 2.35 bits per heavy atom. The molecule has 3 aliphatic carbocycles. The van der Waals surface area contributed by atoms with Gasteiger partial charge in [0.15, 0.2) is 0 Å². The van der Waals surface area contributed by atoms with E-state index in [9.17, 15) is 24.6 Å². The van der Waals surface area contributed by atoms with Gasteiger partial charge in [-0.2, -0.15) is 5.06 Å². The van der Waals surface area contributed by atoms with Crippen LogP contribution in [0.15, 0.2) is 66.7 Å². The number of nitrogens with one attached hydrogen (secondary N) is 2. The molecule has 2 bridgehead atoms. The van der Waals surface area contributed by atoms with E-state index >= 15 is 0 Å². The van der Waals surface area contributed by atoms with Crippen molar-refractivity contribution in [1.29, 1.82) is 0 Å². The summed E-state index contributed by atoms with van der Waals surface area (Å²) in [6, 6.07) is 19.2. The Labute approximate surface area is 337 Å². The van der Waals surface area contributed by atoms with Crippen molar-refractivity contribution in [1.82, 2.24) is 20.6 Å². The molecule has 4 fully saturated rings. The van der Waals surface area contributed by atoms with Crippen LogP contribution in [-0.4, -0.2) is 110 Å². The number of methoxy groups -OCH3 is 1. The van der Waals surface area contributed by atoms with Crippen molar-refractivity contribution in [2.24, 2.45) is 29.1 Å². The maximum absolute atomic E-state index is 14.3. The van der Waals surface area contributed by atoms with Crippen molar-refractivity contribution in [2.75, 3.05) is 46.8 Å². The first kappa shape index (κ1) is 42.1. The standard InChI is InChI=1S/C45H61N5O7/c1-26-35-22-45(4,27(35)2)23-37(26)47-43(54)40-39(28(3)52)38(25-51)57-50(40)24-30-16-13-17-34(41(30)56-9)31-19-32(21-33(20-31)48(5)6)42(53)46-36(44(55)49(7)8)18-29-14-11-10-12-15-29/h10-17,19-21,26-28,35-40,51-52H,18,22-25H2,1-9H3,(H,46,53)(H,47,54)/t26-,27?,28-,35-,36+,37-,38-,39-,40-,45+/m0/s1. The lowest BCUT2D eigenvalue weighted by Crippen LogP contribution is -2.62. The van der Waals surface area contributed by atoms with Gasteiger partial charge in [-0.05, 0) is 72.3 Å². The van der Waals surface area contributed by atoms with Crippen molar-refractivity contribution in [3.63, 3.8) is 0 Å². The maximum Gasteiger partial charge on any atom is 0.252 e. The van der Waals surface area contributed by atoms with Crippen LogP contribution in [0.4, 0.5) is 5.69 Å². The second-order valence-corrected chi connectivity index (χ2v) is 17.3. The first-order valence-electron chi connectivity index (χ1n) is 20.1. The lowest BCUT2D eigenvalue weighted by Gasteiger charge is -2.62. The molecule has 1 aliphatic heterocycles. The first-order valence-corrected chi connectivity index (χ1v) is 20.1. The minimum absolute atomic E-state index is 0.00461. The molecule has 3 amide bonds. The lowest BCUT2D eigenvalue weighted by atomic mass is 9.44. The number of ether oxygens (including phenoxy) is 1. The minimum Gasteiger partial charge on any atom is -0.496 e. The number of amides is 3. The highest BCUT2D eigenvalue weighted by molar-refractivity contribution is 5.99. The summed E-state index contributed by atoms with van der Waals surface area (Å²) in [4.78, 5) is 51.3. The van der Waals surface area contributed by atoms with Gasteiger partial charge >= 0.3 is 0 Å². The Balaban J connectivity index is 1.30. The molecule has 1 unspecified atom stereocenters. The fourth-order valence-electron chi connectivity index (χ4n) is 9.59. The summed E-state index contributed by atoms with van der Waals surface area (Å²) in [6.07, 6.45) is 0.698. The molecule has 3 aromatic rings. The van der Waals surface area contributed by atoms with E-state index in [-0.39, 0.29) is 36.4 Å². The molecule has 10 atom stereocenters. The molecular formula is C45H61N5O7. The van der Waals surface area contributed by atoms with E-state index in [4.69, 9.17) is 9.57 Å². The Morgan fingerprint density at radius 1 is 1.02 bits per heavy atom. The monoisotopic (exact) mass is 783 g/mol. The number of aliphatic hydroxyl groups is 2. The Morgan fingerprint density at radius 2 is 1.74 bits per heavy atom. The summed E-state index contributed by atoms with van der Waals surface area (Å²) < 4.78 is 6.08. The summed E-state index contributed by atoms with van der Waals surface area (Å²) in [5.74, 6) is 0.520. The normalized spacial score (nSPS) is 27.8. The molecule has 4 aliphatic rings. The molecule has 12 nitrogen and oxygen atoms in total. The molecule has 0 radical (unpaired) electrons. The highest BCUT2D eigenvalue weighted by Crippen LogP contribution is 2.61. The summed E-state index contributed by atoms with van der Waals surface area (Å²) >= 11 is 0. The third-order valence-corrected chi connectivity index (χ3v) is 13.1. The van der Waals surface area contributed by atoms with Crippen molar-refractivity contribution >= 4 is 23.4 Å². The first-order chi connectivity index (χ1) is 27.1. The Bertz CT molecular complexity index is 1920. The fourth-order valence-corrected chi connectivity index (χ4v) is 9.59. The molecule has 0 spiro atoms. The third-order valence-electron chi connectivity index (χ3n) is 13.1. The molecule has 1 saturated heterocycles. The highest BCUT2D eigenvalue weighted by atomic mass is 16.7. The van der Waals surface area contributed by atoms with Crippen LogP contribution >= 0.6 is 0 Å². The van der Waals surface area contributed by atoms with Crippen LogP contribution in [0.3, 0.4) is 0 Å². The van der Waals surface area contributed by atoms with Gasteiger partial charge in [-0.1, -0.05) is 69.3 Å². The molecule has 308 valence electrons. The number of hydrogen-bond donors (Lipinski definition) is 4. The van der Waals surface area contributed by atoms with E-state index in [0.717, 1.165) is 17.7 Å². The van der Waals surface area contributed by atoms with Crippen LogP contribution in [0.2, 0.25) is 0 Å². The number of rotatable bonds is 14. The van der Waals surface area contributed by atoms with Crippen LogP contribution in [0.1, 0.15) is 62.0 Å². The van der Waals surface area contributed by atoms with E-state index in [1.165, 1.54) is 11.3 Å². The topological polar surface area (TPSA) is 144 Å². The second-order valence-electron chi connectivity index (χ2n) is 17.3. The van der Waals surface area contributed by atoms with Gasteiger partial charge in [-0.15, -0.1) is 0 Å². The van der Waals surface area contributed by atoms with Crippen molar-refractivity contribution in [3.8, 4) is 16.9 Å². The van der Waals surface area contributed by atoms with Gasteiger partial charge in [0.25, 0.3) is 5.91 Å². The van der Waals surface area contributed by atoms with Crippen molar-refractivity contribution in [3.05, 3.63) is 83.4 Å². The molecule has 0 aromatic heterocycles. The number of anilines is 1. The van der Waals surface area contributed by atoms with Crippen LogP contribution in [0, 0.1) is 29.1 Å². The van der Waals surface area contributed by atoms with Crippen LogP contribution in [0.5, 0.6) is 5.75 Å². The van der Waals surface area contributed by atoms with Gasteiger partial charge in [0.05, 0.1) is 26.4 Å². The van der Waals surface area contributed by atoms with Gasteiger partial charge in [-0.25, -0.2) is 0 Å². The van der Waals surface area contributed by atoms with E-state index in [1.807, 2.05) is 73.6 Å². The van der Waals surface area contributed by atoms with Gasteiger partial charge in [0.1, 0.15) is 23.9 Å². The van der Waals surface area contributed by atoms with Gasteiger partial charge in [0.2, 0.25) is 11.8 Å². The van der Waals surface area contributed by atoms with Gasteiger partial charge in [-0.3, -0.25) is 19.2 Å². The zero-order valence-corrected chi connectivity index (χ0v) is 34.9. The lowest BCUT2D eigenvalue weighted by molar-refractivity contribution is -0.183. The zero-order valence-electron chi connectivity index (χ0n) is 34.9. The number of likely N-dealkylation sites (N-methyl/N-ethyl adjacent to an activating group) is 1. The van der Waals surface area contributed by atoms with Gasteiger partial charge in [0, 0.05) is 68.9 Å². The minimum atomic E-state index is -0.926. The van der Waals surface area contributed by atoms with Crippen LogP contribution < -0.4 is 20.3 Å². The maximum atomic E-state index is 14.3. The molecule has 12 heteroatoms. The number of nitrogens with zero attached hydrogens (tertiary/aromatic N) is 3. The number of hydroxylamine groups is 2. The summed E-state index contributed by atoms with van der Waals surface area (Å²) in [7, 11) is 8.71. The smallest absolute Gasteiger partial charge is 0.252 e. The van der Waals surface area contributed by atoms with Crippen molar-refractivity contribution < 1.29 is 34.2 Å². The number of para-hydroxylation sites is 1. The third kappa shape index (κ3) is 8.55. The highest BCUT2D eigenvalue weighted by Gasteiger charge is 2.57. The molecule has 4 N–H and O–H groups in total. The average molecular weight is 784 g/mol. The number of fused-ring (bicyclic) bond motifs is 2. The Kier molecular flexibility index (Phi) is 12.7. The van der Waals surface area contributed by atoms with Crippen LogP contribution in [-0.2, 0) is 27.4 Å². The fraction of sp³-hybridized carbons (Fsp3) is 0.533. The Hall–Kier alpha value is -4.49. The molecule has 7 rings (SSSR count). The molecule has 3 aromatic carbocycles. The second kappa shape index (κ2) is 17.2. The predicted molar refractivity (Wildman–Crippen MR) is 220 cm³/mol. The molecule has 1 heterocycles. The van der Waals surface area contributed by atoms with E-state index in [0.29, 0.717) is 52.2 Å². The zero-order chi connectivity index (χ0) is 41.3. The van der Waals surface area contributed by atoms with Crippen molar-refractivity contribution in [2.45, 2.75) is 83.8 Å². The van der Waals surface area contributed by atoms with E-state index in [1.54, 1.807) is 45.3 Å². The molecule has 57 heavy (non-hydrogen) atoms. The van der Waals surface area contributed by atoms with E-state index in [2.05, 4.69) is 31.4 Å². The van der Waals surface area contributed by atoms with Gasteiger partial charge < -0.3 is 35.4 Å². The number of benzene rings is 3. The predicted octanol–water partition coefficient (Wildman–Crippen LogP) is 4.52. The van der Waals surface area contributed by atoms with E-state index < -0.39 is 36.1 Å². The SMILES string of the molecule is COc1c(CN2O[C@@H](CO)[C@H]([C@H](C)O)[C@H]2C(=O)N[C@H]2C[C@@]3(C)C[C@H](C3C)[C@@H]2C)cccc1-c1cc(C(=O)N[C@H](Cc2ccccc2)C(=O)N(C)C)cc(N(C)C)c1.